The smallest absolute Gasteiger partial charge is 0.242 e. The third-order valence-electron chi connectivity index (χ3n) is 0.844. The van der Waals surface area contributed by atoms with Gasteiger partial charge in [0.2, 0.25) is 8.32 Å². The highest BCUT2D eigenvalue weighted by Gasteiger charge is 2.16. The van der Waals surface area contributed by atoms with Crippen molar-refractivity contribution in [1.29, 1.82) is 0 Å². The van der Waals surface area contributed by atoms with Crippen molar-refractivity contribution in [1.82, 2.24) is 0 Å². The van der Waals surface area contributed by atoms with Gasteiger partial charge in [0.25, 0.3) is 0 Å². The summed E-state index contributed by atoms with van der Waals surface area (Å²) >= 11 is 1.67. The molecule has 3 heteroatoms. The summed E-state index contributed by atoms with van der Waals surface area (Å²) in [5.41, 5.74) is 0. The third-order valence-corrected chi connectivity index (χ3v) is 2.55. The van der Waals surface area contributed by atoms with E-state index >= 15 is 0 Å². The normalized spacial score (nSPS) is 13.5. The average molecular weight is 176 g/mol. The summed E-state index contributed by atoms with van der Waals surface area (Å²) in [6, 6.07) is 0. The SMILES string of the molecule is C/C=C(/O[Si](C)(C)C)SC. The lowest BCUT2D eigenvalue weighted by atomic mass is 10.7. The van der Waals surface area contributed by atoms with Gasteiger partial charge in [-0.1, -0.05) is 11.8 Å². The van der Waals surface area contributed by atoms with Crippen LogP contribution < -0.4 is 0 Å². The summed E-state index contributed by atoms with van der Waals surface area (Å²) in [6.07, 6.45) is 4.05. The molecular formula is C7H16OSSi. The van der Waals surface area contributed by atoms with Gasteiger partial charge >= 0.3 is 0 Å². The molecule has 0 aromatic carbocycles. The summed E-state index contributed by atoms with van der Waals surface area (Å²) in [5.74, 6) is 0. The van der Waals surface area contributed by atoms with Crippen LogP contribution in [0.25, 0.3) is 0 Å². The van der Waals surface area contributed by atoms with Gasteiger partial charge in [0, 0.05) is 0 Å². The van der Waals surface area contributed by atoms with E-state index in [1.165, 1.54) is 0 Å². The van der Waals surface area contributed by atoms with Gasteiger partial charge in [-0.2, -0.15) is 0 Å². The first-order chi connectivity index (χ1) is 4.49. The fourth-order valence-electron chi connectivity index (χ4n) is 0.520. The quantitative estimate of drug-likeness (QED) is 0.483. The first-order valence-corrected chi connectivity index (χ1v) is 8.02. The molecule has 0 N–H and O–H groups in total. The molecule has 0 spiro atoms. The Labute approximate surface area is 69.0 Å². The Bertz CT molecular complexity index is 126. The Morgan fingerprint density at radius 3 is 2.00 bits per heavy atom. The molecule has 0 saturated heterocycles. The number of allylic oxidation sites excluding steroid dienone is 1. The number of hydrogen-bond donors (Lipinski definition) is 0. The zero-order chi connectivity index (χ0) is 8.20. The molecule has 0 aliphatic heterocycles. The van der Waals surface area contributed by atoms with E-state index in [0.29, 0.717) is 0 Å². The van der Waals surface area contributed by atoms with Crippen LogP contribution in [-0.4, -0.2) is 14.6 Å². The van der Waals surface area contributed by atoms with E-state index in [0.717, 1.165) is 5.09 Å². The predicted octanol–water partition coefficient (Wildman–Crippen LogP) is 3.06. The topological polar surface area (TPSA) is 9.23 Å². The highest BCUT2D eigenvalue weighted by molar-refractivity contribution is 8.02. The lowest BCUT2D eigenvalue weighted by Crippen LogP contribution is -2.23. The monoisotopic (exact) mass is 176 g/mol. The van der Waals surface area contributed by atoms with Gasteiger partial charge in [0.1, 0.15) is 5.09 Å². The van der Waals surface area contributed by atoms with Crippen LogP contribution in [0.1, 0.15) is 6.92 Å². The van der Waals surface area contributed by atoms with Crippen LogP contribution in [0.3, 0.4) is 0 Å². The number of rotatable bonds is 3. The molecule has 0 atom stereocenters. The minimum absolute atomic E-state index is 1.05. The van der Waals surface area contributed by atoms with Crippen molar-refractivity contribution < 1.29 is 4.43 Å². The number of hydrogen-bond acceptors (Lipinski definition) is 2. The van der Waals surface area contributed by atoms with Crippen molar-refractivity contribution in [3.05, 3.63) is 11.2 Å². The first kappa shape index (κ1) is 10.1. The lowest BCUT2D eigenvalue weighted by Gasteiger charge is -2.19. The fourth-order valence-corrected chi connectivity index (χ4v) is 2.56. The van der Waals surface area contributed by atoms with Crippen molar-refractivity contribution in [3.63, 3.8) is 0 Å². The Morgan fingerprint density at radius 2 is 1.90 bits per heavy atom. The molecular weight excluding hydrogens is 160 g/mol. The molecule has 0 aromatic rings. The minimum Gasteiger partial charge on any atom is -0.540 e. The summed E-state index contributed by atoms with van der Waals surface area (Å²) in [4.78, 5) is 0. The van der Waals surface area contributed by atoms with Crippen LogP contribution in [0.4, 0.5) is 0 Å². The summed E-state index contributed by atoms with van der Waals surface area (Å²) < 4.78 is 5.70. The average Bonchev–Trinajstić information content (AvgIpc) is 1.81. The summed E-state index contributed by atoms with van der Waals surface area (Å²) in [7, 11) is -1.35. The molecule has 0 aromatic heterocycles. The van der Waals surface area contributed by atoms with E-state index in [-0.39, 0.29) is 0 Å². The Balaban J connectivity index is 3.88. The second-order valence-corrected chi connectivity index (χ2v) is 8.27. The van der Waals surface area contributed by atoms with Crippen molar-refractivity contribution in [3.8, 4) is 0 Å². The molecule has 0 aliphatic rings. The molecule has 0 saturated carbocycles. The molecule has 0 radical (unpaired) electrons. The van der Waals surface area contributed by atoms with Crippen molar-refractivity contribution in [2.45, 2.75) is 26.6 Å². The minimum atomic E-state index is -1.35. The second kappa shape index (κ2) is 4.08. The lowest BCUT2D eigenvalue weighted by molar-refractivity contribution is 0.463. The van der Waals surface area contributed by atoms with Gasteiger partial charge in [-0.15, -0.1) is 0 Å². The molecule has 0 fully saturated rings. The molecule has 0 rings (SSSR count). The highest BCUT2D eigenvalue weighted by Crippen LogP contribution is 2.18. The first-order valence-electron chi connectivity index (χ1n) is 3.39. The van der Waals surface area contributed by atoms with E-state index in [9.17, 15) is 0 Å². The summed E-state index contributed by atoms with van der Waals surface area (Å²) in [5, 5.41) is 1.05. The Hall–Kier alpha value is 0.107. The molecule has 0 amide bonds. The van der Waals surface area contributed by atoms with Crippen LogP contribution >= 0.6 is 11.8 Å². The predicted molar refractivity (Wildman–Crippen MR) is 51.7 cm³/mol. The van der Waals surface area contributed by atoms with Crippen LogP contribution in [0.15, 0.2) is 11.2 Å². The zero-order valence-electron chi connectivity index (χ0n) is 7.39. The maximum atomic E-state index is 5.70. The van der Waals surface area contributed by atoms with Crippen molar-refractivity contribution in [2.75, 3.05) is 6.26 Å². The maximum absolute atomic E-state index is 5.70. The van der Waals surface area contributed by atoms with E-state index in [4.69, 9.17) is 4.43 Å². The highest BCUT2D eigenvalue weighted by atomic mass is 32.2. The van der Waals surface area contributed by atoms with Gasteiger partial charge < -0.3 is 4.43 Å². The Kier molecular flexibility index (Phi) is 4.13. The van der Waals surface area contributed by atoms with Gasteiger partial charge in [0.05, 0.1) is 0 Å². The fraction of sp³-hybridized carbons (Fsp3) is 0.714. The molecule has 0 heterocycles. The van der Waals surface area contributed by atoms with Crippen molar-refractivity contribution in [2.24, 2.45) is 0 Å². The molecule has 0 aliphatic carbocycles. The Morgan fingerprint density at radius 1 is 1.40 bits per heavy atom. The third kappa shape index (κ3) is 4.94. The molecule has 1 nitrogen and oxygen atoms in total. The molecule has 10 heavy (non-hydrogen) atoms. The molecule has 0 unspecified atom stereocenters. The molecule has 0 bridgehead atoms. The second-order valence-electron chi connectivity index (χ2n) is 3.03. The van der Waals surface area contributed by atoms with Gasteiger partial charge in [0.15, 0.2) is 0 Å². The standard InChI is InChI=1S/C7H16OSSi/c1-6-7(9-2)8-10(3,4)5/h6H,1-5H3/b7-6-. The number of thioether (sulfide) groups is 1. The van der Waals surface area contributed by atoms with E-state index < -0.39 is 8.32 Å². The van der Waals surface area contributed by atoms with E-state index in [1.54, 1.807) is 11.8 Å². The van der Waals surface area contributed by atoms with Gasteiger partial charge in [-0.25, -0.2) is 0 Å². The van der Waals surface area contributed by atoms with Crippen LogP contribution in [0.2, 0.25) is 19.6 Å². The van der Waals surface area contributed by atoms with E-state index in [2.05, 4.69) is 19.6 Å². The zero-order valence-corrected chi connectivity index (χ0v) is 9.21. The van der Waals surface area contributed by atoms with E-state index in [1.807, 2.05) is 19.3 Å². The van der Waals surface area contributed by atoms with Crippen LogP contribution in [0, 0.1) is 0 Å². The molecule has 60 valence electrons. The maximum Gasteiger partial charge on any atom is 0.242 e. The summed E-state index contributed by atoms with van der Waals surface area (Å²) in [6.45, 7) is 8.57. The van der Waals surface area contributed by atoms with Crippen LogP contribution in [-0.2, 0) is 4.43 Å². The van der Waals surface area contributed by atoms with Crippen molar-refractivity contribution >= 4 is 20.1 Å². The van der Waals surface area contributed by atoms with Gasteiger partial charge in [-0.3, -0.25) is 0 Å². The van der Waals surface area contributed by atoms with Gasteiger partial charge in [-0.05, 0) is 38.9 Å². The largest absolute Gasteiger partial charge is 0.540 e. The van der Waals surface area contributed by atoms with Crippen LogP contribution in [0.5, 0.6) is 0 Å².